The van der Waals surface area contributed by atoms with E-state index in [-0.39, 0.29) is 46.2 Å². The van der Waals surface area contributed by atoms with Gasteiger partial charge in [0.15, 0.2) is 6.29 Å². The summed E-state index contributed by atoms with van der Waals surface area (Å²) in [5, 5.41) is 55.5. The van der Waals surface area contributed by atoms with Gasteiger partial charge in [0, 0.05) is 6.61 Å². The second-order valence-corrected chi connectivity index (χ2v) is 8.23. The Labute approximate surface area is 205 Å². The molecule has 1 saturated carbocycles. The van der Waals surface area contributed by atoms with Gasteiger partial charge in [-0.2, -0.15) is 12.1 Å². The van der Waals surface area contributed by atoms with Crippen molar-refractivity contribution in [3.8, 4) is 0 Å². The van der Waals surface area contributed by atoms with Crippen molar-refractivity contribution in [2.24, 2.45) is 0 Å². The monoisotopic (exact) mass is 665 g/mol. The third-order valence-corrected chi connectivity index (χ3v) is 5.75. The standard InChI is InChI=1S/C12H19ClO10.C6H12N2.Pt/c13-12(10(18)19,11(20)21)2-1-3-22-9-8(17)7(16)6(15)5(4-14)23-9;7-5-3-1-2-4-6(5)8;/h5-9,14-17H,1-4H2,(H,18,19)(H,20,21);5-8H,1-4H2;/q;-2;+2/t5-,6-,7+,8+,9?;5-,6-;/m11./s1. The molecule has 190 valence electrons. The van der Waals surface area contributed by atoms with E-state index in [9.17, 15) is 24.9 Å². The maximum Gasteiger partial charge on any atom is 2.00 e. The first-order valence-corrected chi connectivity index (χ1v) is 10.3. The molecular formula is C18H31ClN2O10Pt. The van der Waals surface area contributed by atoms with E-state index < -0.39 is 60.5 Å². The summed E-state index contributed by atoms with van der Waals surface area (Å²) >= 11 is 5.51. The number of aliphatic carboxylic acids is 2. The van der Waals surface area contributed by atoms with Crippen LogP contribution in [0.3, 0.4) is 0 Å². The second-order valence-electron chi connectivity index (χ2n) is 7.58. The number of ether oxygens (including phenoxy) is 2. The zero-order valence-corrected chi connectivity index (χ0v) is 20.2. The summed E-state index contributed by atoms with van der Waals surface area (Å²) < 4.78 is 10.2. The molecule has 2 fully saturated rings. The average Bonchev–Trinajstić information content (AvgIpc) is 2.73. The first kappa shape index (κ1) is 31.6. The summed E-state index contributed by atoms with van der Waals surface area (Å²) in [6.45, 7) is -0.842. The molecule has 8 N–H and O–H groups in total. The zero-order chi connectivity index (χ0) is 23.8. The van der Waals surface area contributed by atoms with E-state index in [2.05, 4.69) is 0 Å². The van der Waals surface area contributed by atoms with Crippen LogP contribution in [-0.2, 0) is 40.1 Å². The molecule has 0 spiro atoms. The number of nitrogens with one attached hydrogen (secondary N) is 2. The number of aliphatic hydroxyl groups excluding tert-OH is 4. The van der Waals surface area contributed by atoms with Gasteiger partial charge in [-0.15, -0.1) is 0 Å². The van der Waals surface area contributed by atoms with E-state index in [1.807, 2.05) is 0 Å². The Kier molecular flexibility index (Phi) is 14.6. The molecule has 32 heavy (non-hydrogen) atoms. The van der Waals surface area contributed by atoms with E-state index >= 15 is 0 Å². The van der Waals surface area contributed by atoms with Crippen LogP contribution in [0.25, 0.3) is 11.5 Å². The van der Waals surface area contributed by atoms with E-state index in [0.717, 1.165) is 12.8 Å². The van der Waals surface area contributed by atoms with Crippen molar-refractivity contribution < 1.29 is 70.8 Å². The van der Waals surface area contributed by atoms with Crippen molar-refractivity contribution in [1.82, 2.24) is 0 Å². The minimum atomic E-state index is -2.49. The minimum Gasteiger partial charge on any atom is -0.676 e. The molecule has 2 aliphatic rings. The Hall–Kier alpha value is -0.402. The quantitative estimate of drug-likeness (QED) is 0.117. The molecule has 0 aromatic rings. The fourth-order valence-corrected chi connectivity index (χ4v) is 3.29. The predicted octanol–water partition coefficient (Wildman–Crippen LogP) is 0.129. The molecule has 2 rings (SSSR count). The van der Waals surface area contributed by atoms with Crippen LogP contribution in [0.15, 0.2) is 0 Å². The van der Waals surface area contributed by atoms with Gasteiger partial charge in [-0.05, 0) is 12.8 Å². The van der Waals surface area contributed by atoms with Crippen molar-refractivity contribution >= 4 is 23.5 Å². The summed E-state index contributed by atoms with van der Waals surface area (Å²) in [5.74, 6) is -3.42. The zero-order valence-electron chi connectivity index (χ0n) is 17.2. The second kappa shape index (κ2) is 14.8. The number of halogens is 1. The maximum atomic E-state index is 10.9. The van der Waals surface area contributed by atoms with Gasteiger partial charge in [0.25, 0.3) is 0 Å². The molecule has 0 aromatic heterocycles. The number of aliphatic hydroxyl groups is 4. The summed E-state index contributed by atoms with van der Waals surface area (Å²) in [6.07, 6.45) is -3.51. The Morgan fingerprint density at radius 2 is 1.50 bits per heavy atom. The van der Waals surface area contributed by atoms with Crippen LogP contribution in [0, 0.1) is 0 Å². The number of rotatable bonds is 8. The number of hydrogen-bond donors (Lipinski definition) is 6. The fraction of sp³-hybridized carbons (Fsp3) is 0.889. The topological polar surface area (TPSA) is 222 Å². The number of carbonyl (C=O) groups is 2. The van der Waals surface area contributed by atoms with Gasteiger partial charge in [-0.25, -0.2) is 9.59 Å². The van der Waals surface area contributed by atoms with Crippen LogP contribution in [0.2, 0.25) is 0 Å². The molecule has 0 aromatic carbocycles. The van der Waals surface area contributed by atoms with E-state index in [1.54, 1.807) is 0 Å². The van der Waals surface area contributed by atoms with Crippen molar-refractivity contribution in [2.75, 3.05) is 13.2 Å². The van der Waals surface area contributed by atoms with Gasteiger partial charge in [-0.3, -0.25) is 0 Å². The molecule has 0 bridgehead atoms. The number of carboxylic acids is 2. The van der Waals surface area contributed by atoms with E-state index in [1.165, 1.54) is 12.8 Å². The van der Waals surface area contributed by atoms with E-state index in [4.69, 9.17) is 47.9 Å². The van der Waals surface area contributed by atoms with Crippen LogP contribution in [0.5, 0.6) is 0 Å². The molecule has 1 saturated heterocycles. The van der Waals surface area contributed by atoms with Crippen molar-refractivity contribution in [3.05, 3.63) is 11.5 Å². The van der Waals surface area contributed by atoms with Gasteiger partial charge < -0.3 is 51.6 Å². The summed E-state index contributed by atoms with van der Waals surface area (Å²) in [6, 6.07) is -0.160. The van der Waals surface area contributed by atoms with Gasteiger partial charge in [-0.1, -0.05) is 37.3 Å². The molecule has 14 heteroatoms. The number of carboxylic acid groups (broad SMARTS) is 2. The first-order chi connectivity index (χ1) is 14.5. The number of hydrogen-bond acceptors (Lipinski definition) is 8. The molecule has 1 aliphatic carbocycles. The number of alkyl halides is 1. The Morgan fingerprint density at radius 1 is 1.00 bits per heavy atom. The Morgan fingerprint density at radius 3 is 1.91 bits per heavy atom. The van der Waals surface area contributed by atoms with Gasteiger partial charge in [0.1, 0.15) is 24.4 Å². The molecule has 1 heterocycles. The van der Waals surface area contributed by atoms with Crippen LogP contribution >= 0.6 is 11.6 Å². The predicted molar refractivity (Wildman–Crippen MR) is 107 cm³/mol. The van der Waals surface area contributed by atoms with E-state index in [0.29, 0.717) is 0 Å². The third-order valence-electron chi connectivity index (χ3n) is 5.24. The Balaban J connectivity index is 0.000000896. The smallest absolute Gasteiger partial charge is 0.676 e. The first-order valence-electron chi connectivity index (χ1n) is 9.95. The molecule has 1 aliphatic heterocycles. The van der Waals surface area contributed by atoms with Crippen LogP contribution in [0.4, 0.5) is 0 Å². The minimum absolute atomic E-state index is 0. The maximum absolute atomic E-state index is 10.9. The molecular weight excluding hydrogens is 635 g/mol. The SMILES string of the molecule is O=C(O)C(Cl)(CCCOC1O[C@H](CO)[C@@H](O)[C@H](O)[C@@H]1O)C(=O)O.[NH-][C@@H]1CCCC[C@H]1[NH-].[Pt+2]. The molecule has 0 radical (unpaired) electrons. The van der Waals surface area contributed by atoms with Crippen molar-refractivity contribution in [2.45, 2.75) is 86.2 Å². The van der Waals surface area contributed by atoms with Crippen LogP contribution in [-0.4, -0.2) is 103 Å². The van der Waals surface area contributed by atoms with Crippen molar-refractivity contribution in [3.63, 3.8) is 0 Å². The average molecular weight is 666 g/mol. The molecule has 7 atom stereocenters. The van der Waals surface area contributed by atoms with Gasteiger partial charge in [0.2, 0.25) is 4.87 Å². The third kappa shape index (κ3) is 8.75. The molecule has 12 nitrogen and oxygen atoms in total. The normalized spacial score (nSPS) is 32.8. The van der Waals surface area contributed by atoms with Crippen molar-refractivity contribution in [1.29, 1.82) is 0 Å². The van der Waals surface area contributed by atoms with Crippen LogP contribution < -0.4 is 0 Å². The molecule has 0 amide bonds. The molecule has 1 unspecified atom stereocenters. The van der Waals surface area contributed by atoms with Crippen LogP contribution in [0.1, 0.15) is 38.5 Å². The summed E-state index contributed by atoms with van der Waals surface area (Å²) in [4.78, 5) is 19.2. The Bertz CT molecular complexity index is 564. The fourth-order valence-electron chi connectivity index (χ4n) is 3.16. The van der Waals surface area contributed by atoms with Gasteiger partial charge >= 0.3 is 33.0 Å². The largest absolute Gasteiger partial charge is 2.00 e. The van der Waals surface area contributed by atoms with Gasteiger partial charge in [0.05, 0.1) is 6.61 Å². The summed E-state index contributed by atoms with van der Waals surface area (Å²) in [5.41, 5.74) is 14.6. The summed E-state index contributed by atoms with van der Waals surface area (Å²) in [7, 11) is 0.